The van der Waals surface area contributed by atoms with Crippen molar-refractivity contribution < 1.29 is 136 Å². The first-order valence-corrected chi connectivity index (χ1v) is 43.7. The van der Waals surface area contributed by atoms with Gasteiger partial charge in [-0.25, -0.2) is 17.6 Å². The summed E-state index contributed by atoms with van der Waals surface area (Å²) in [6, 6.07) is 50.1. The molecular weight excluding hydrogens is 1750 g/mol. The highest BCUT2D eigenvalue weighted by atomic mass is 19.1. The number of Topliss-reactive ketones (excluding diaryl/α,β-unsaturated/α-hetero) is 6. The lowest BCUT2D eigenvalue weighted by Gasteiger charge is -2.11. The molecule has 24 nitrogen and oxygen atoms in total. The summed E-state index contributed by atoms with van der Waals surface area (Å²) in [5.74, 6) is -5.78. The van der Waals surface area contributed by atoms with E-state index in [0.717, 1.165) is 91.1 Å². The Bertz CT molecular complexity index is 6070. The van der Waals surface area contributed by atoms with Gasteiger partial charge < -0.3 is 89.7 Å². The first kappa shape index (κ1) is 107. The number of rotatable bonds is 36. The highest BCUT2D eigenvalue weighted by Crippen LogP contribution is 2.37. The van der Waals surface area contributed by atoms with Gasteiger partial charge in [0.15, 0.2) is 68.6 Å². The maximum Gasteiger partial charge on any atom is 0.203 e. The van der Waals surface area contributed by atoms with E-state index in [1.807, 2.05) is 111 Å². The lowest BCUT2D eigenvalue weighted by molar-refractivity contribution is 0.0906. The van der Waals surface area contributed by atoms with Crippen molar-refractivity contribution in [2.45, 2.75) is 153 Å². The number of phenolic OH excluding ortho intramolecular Hbond substituents is 12. The molecule has 0 unspecified atom stereocenters. The van der Waals surface area contributed by atoms with Gasteiger partial charge in [-0.05, 0) is 226 Å². The Hall–Kier alpha value is -15.2. The number of hydrogen-bond donors (Lipinski definition) is 12. The third kappa shape index (κ3) is 32.3. The number of ketones is 6. The van der Waals surface area contributed by atoms with Crippen LogP contribution in [0.3, 0.4) is 0 Å². The van der Waals surface area contributed by atoms with Crippen molar-refractivity contribution in [3.05, 3.63) is 318 Å². The lowest BCUT2D eigenvalue weighted by Crippen LogP contribution is -2.13. The van der Waals surface area contributed by atoms with Crippen molar-refractivity contribution in [3.8, 4) is 103 Å². The van der Waals surface area contributed by atoms with E-state index in [1.54, 1.807) is 56.3 Å². The van der Waals surface area contributed by atoms with Crippen LogP contribution in [0.15, 0.2) is 200 Å². The van der Waals surface area contributed by atoms with E-state index in [-0.39, 0.29) is 152 Å². The summed E-state index contributed by atoms with van der Waals surface area (Å²) >= 11 is 0. The smallest absolute Gasteiger partial charge is 0.203 e. The normalized spacial score (nSPS) is 10.5. The van der Waals surface area contributed by atoms with Crippen LogP contribution in [0.25, 0.3) is 0 Å². The molecule has 12 N–H and O–H groups in total. The van der Waals surface area contributed by atoms with E-state index < -0.39 is 65.3 Å². The molecule has 0 atom stereocenters. The van der Waals surface area contributed by atoms with E-state index in [2.05, 4.69) is 0 Å². The van der Waals surface area contributed by atoms with Gasteiger partial charge in [0.25, 0.3) is 0 Å². The van der Waals surface area contributed by atoms with Crippen LogP contribution in [0.2, 0.25) is 0 Å². The number of halogens is 4. The summed E-state index contributed by atoms with van der Waals surface area (Å²) in [5, 5.41) is 118. The van der Waals surface area contributed by atoms with Crippen LogP contribution in [0.1, 0.15) is 203 Å². The van der Waals surface area contributed by atoms with Gasteiger partial charge in [0.05, 0.1) is 33.4 Å². The average Bonchev–Trinajstić information content (AvgIpc) is 0.846. The second-order valence-corrected chi connectivity index (χ2v) is 31.6. The van der Waals surface area contributed by atoms with Crippen LogP contribution in [-0.2, 0) is 38.5 Å². The summed E-state index contributed by atoms with van der Waals surface area (Å²) in [6.07, 6.45) is 8.47. The molecule has 0 aliphatic rings. The van der Waals surface area contributed by atoms with Gasteiger partial charge in [-0.3, -0.25) is 28.8 Å². The van der Waals surface area contributed by atoms with Crippen molar-refractivity contribution in [3.63, 3.8) is 0 Å². The van der Waals surface area contributed by atoms with Crippen LogP contribution in [-0.4, -0.2) is 136 Å². The topological polar surface area (TPSA) is 401 Å². The first-order chi connectivity index (χ1) is 64.3. The zero-order valence-electron chi connectivity index (χ0n) is 77.1. The van der Waals surface area contributed by atoms with E-state index in [4.69, 9.17) is 28.4 Å². The highest BCUT2D eigenvalue weighted by molar-refractivity contribution is 6.03. The monoisotopic (exact) mass is 1860 g/mol. The molecule has 0 amide bonds. The van der Waals surface area contributed by atoms with E-state index in [1.165, 1.54) is 78.9 Å². The van der Waals surface area contributed by atoms with Crippen LogP contribution >= 0.6 is 0 Å². The van der Waals surface area contributed by atoms with Gasteiger partial charge in [-0.15, -0.1) is 0 Å². The number of hydrogen-bond acceptors (Lipinski definition) is 24. The number of carbonyl (C=O) groups excluding carboxylic acids is 6. The molecule has 135 heavy (non-hydrogen) atoms. The summed E-state index contributed by atoms with van der Waals surface area (Å²) in [7, 11) is 0. The Kier molecular flexibility index (Phi) is 41.7. The number of aromatic hydroxyl groups is 12. The average molecular weight is 1860 g/mol. The predicted octanol–water partition coefficient (Wildman–Crippen LogP) is 22.0. The maximum atomic E-state index is 13.7. The SMILES string of the molecule is CCCc1cc(C(=O)COc2c(F)cccc2F)c(O)cc1O.CCCc1cc(C(=O)COc2ccc(C)c(F)c2)c(O)cc1O.CCCc1cc(C(=O)COc2ccc(C)cc2)c(O)cc1O.CCCc1cc(C(=O)COc2ccc(C)cc2F)c(O)cc1O.CCCc1cc(C(=O)COc2cccc(C)c2)c(O)cc1O.CCCc1cc(C(=O)COc2ccccc2C)c(O)cc1O. The molecule has 0 saturated heterocycles. The highest BCUT2D eigenvalue weighted by Gasteiger charge is 2.24. The summed E-state index contributed by atoms with van der Waals surface area (Å²) < 4.78 is 85.8. The molecule has 0 aromatic heterocycles. The number of benzene rings is 12. The fourth-order valence-electron chi connectivity index (χ4n) is 13.3. The van der Waals surface area contributed by atoms with Gasteiger partial charge in [0.2, 0.25) is 34.7 Å². The van der Waals surface area contributed by atoms with E-state index in [9.17, 15) is 108 Å². The number of aryl methyl sites for hydroxylation is 11. The molecule has 0 bridgehead atoms. The molecule has 0 radical (unpaired) electrons. The van der Waals surface area contributed by atoms with Gasteiger partial charge >= 0.3 is 0 Å². The van der Waals surface area contributed by atoms with E-state index in [0.29, 0.717) is 94.7 Å². The minimum atomic E-state index is -0.917. The molecule has 0 aliphatic carbocycles. The largest absolute Gasteiger partial charge is 0.508 e. The summed E-state index contributed by atoms with van der Waals surface area (Å²) in [4.78, 5) is 73.2. The first-order valence-electron chi connectivity index (χ1n) is 43.7. The van der Waals surface area contributed by atoms with E-state index >= 15 is 0 Å². The third-order valence-electron chi connectivity index (χ3n) is 20.5. The minimum Gasteiger partial charge on any atom is -0.508 e. The standard InChI is InChI=1S/2C18H19FO4.3C18H20O4.C17H16F2O4/c1-3-4-12-7-14(17(21)9-16(12)20)18(22)10-23-13-6-5-11(2)15(19)8-13;1-3-4-12-8-13(16(21)9-15(12)20)17(22)10-23-18-6-5-11(2)7-14(18)19;1-3-6-13-9-14(16(20)10-15(13)19)17(21)11-22-18-8-5-4-7-12(18)2;1-3-5-13-9-15(17(20)10-16(13)19)18(21)11-22-14-7-4-6-12(2)8-14;1-3-4-13-9-15(17(20)10-16(13)19)18(21)11-22-14-7-5-12(2)6-8-14;1-2-4-10-7-11(15(21)8-14(10)20)16(22)9-23-17-12(18)5-3-6-13(17)19/h2*5-9,20-21H,3-4,10H2,1-2H3;4-5,7-10,19-20H,3,6,11H2,1-2H3;4,6-10,19-20H,3,5,11H2,1-2H3;5-10,19-20H,3-4,11H2,1-2H3;3,5-8,20-21H,2,4,9H2,1H3. The second-order valence-electron chi connectivity index (χ2n) is 31.6. The summed E-state index contributed by atoms with van der Waals surface area (Å²) in [5.41, 5.74) is 8.57. The number of phenols is 12. The fourth-order valence-corrected chi connectivity index (χ4v) is 13.3. The maximum absolute atomic E-state index is 13.7. The molecular formula is C107H114F4O24. The van der Waals surface area contributed by atoms with Crippen molar-refractivity contribution in [1.82, 2.24) is 0 Å². The van der Waals surface area contributed by atoms with Crippen LogP contribution < -0.4 is 28.4 Å². The van der Waals surface area contributed by atoms with Crippen molar-refractivity contribution in [1.29, 1.82) is 0 Å². The quantitative estimate of drug-likeness (QED) is 0.0128. The number of ether oxygens (including phenoxy) is 6. The Morgan fingerprint density at radius 2 is 0.519 bits per heavy atom. The van der Waals surface area contributed by atoms with Crippen LogP contribution in [0, 0.1) is 57.9 Å². The molecule has 28 heteroatoms. The molecule has 0 saturated carbocycles. The number of para-hydroxylation sites is 2. The molecule has 0 aliphatic heterocycles. The zero-order valence-corrected chi connectivity index (χ0v) is 77.1. The molecule has 0 fully saturated rings. The van der Waals surface area contributed by atoms with Crippen molar-refractivity contribution in [2.24, 2.45) is 0 Å². The Labute approximate surface area is 781 Å². The van der Waals surface area contributed by atoms with Gasteiger partial charge in [-0.1, -0.05) is 146 Å². The molecule has 12 rings (SSSR count). The molecule has 0 spiro atoms. The molecule has 0 heterocycles. The minimum absolute atomic E-state index is 0.00959. The van der Waals surface area contributed by atoms with Crippen molar-refractivity contribution in [2.75, 3.05) is 39.6 Å². The van der Waals surface area contributed by atoms with Crippen LogP contribution in [0.4, 0.5) is 17.6 Å². The van der Waals surface area contributed by atoms with Gasteiger partial charge in [-0.2, -0.15) is 0 Å². The molecule has 714 valence electrons. The Morgan fingerprint density at radius 1 is 0.230 bits per heavy atom. The third-order valence-corrected chi connectivity index (χ3v) is 20.5. The lowest BCUT2D eigenvalue weighted by atomic mass is 10.0. The molecule has 12 aromatic rings. The summed E-state index contributed by atoms with van der Waals surface area (Å²) in [6.45, 7) is 19.1. The Balaban J connectivity index is 0.000000221. The van der Waals surface area contributed by atoms with Crippen molar-refractivity contribution >= 4 is 34.7 Å². The van der Waals surface area contributed by atoms with Gasteiger partial charge in [0, 0.05) is 42.5 Å². The van der Waals surface area contributed by atoms with Gasteiger partial charge in [0.1, 0.15) is 97.8 Å². The second kappa shape index (κ2) is 52.7. The molecule has 12 aromatic carbocycles. The Morgan fingerprint density at radius 3 is 0.844 bits per heavy atom. The van der Waals surface area contributed by atoms with Crippen LogP contribution in [0.5, 0.6) is 103 Å². The fraction of sp³-hybridized carbons (Fsp3) is 0.271. The number of carbonyl (C=O) groups is 6. The predicted molar refractivity (Wildman–Crippen MR) is 504 cm³/mol. The zero-order chi connectivity index (χ0) is 99.3.